The summed E-state index contributed by atoms with van der Waals surface area (Å²) in [5, 5.41) is 11.0. The Balaban J connectivity index is 2.81. The molecule has 72 valence electrons. The monoisotopic (exact) mass is 182 g/mol. The minimum Gasteiger partial charge on any atom is -0.508 e. The van der Waals surface area contributed by atoms with E-state index in [9.17, 15) is 5.11 Å². The molecule has 0 amide bonds. The van der Waals surface area contributed by atoms with Gasteiger partial charge >= 0.3 is 0 Å². The number of nitrogen functional groups attached to an aromatic ring is 1. The van der Waals surface area contributed by atoms with E-state index in [0.29, 0.717) is 12.2 Å². The number of phenols is 1. The molecular weight excluding hydrogens is 168 g/mol. The van der Waals surface area contributed by atoms with Crippen molar-refractivity contribution in [1.29, 1.82) is 0 Å². The first-order chi connectivity index (χ1) is 6.13. The minimum absolute atomic E-state index is 0.234. The predicted octanol–water partition coefficient (Wildman–Crippen LogP) is 0.968. The molecule has 0 atom stereocenters. The molecule has 0 aliphatic heterocycles. The second-order valence-electron chi connectivity index (χ2n) is 2.86. The highest BCUT2D eigenvalue weighted by atomic mass is 16.7. The maximum absolute atomic E-state index is 9.44. The number of phenolic OH excluding ortho intramolecular Hbond substituents is 1. The molecule has 0 saturated heterocycles. The van der Waals surface area contributed by atoms with E-state index in [0.717, 1.165) is 5.56 Å². The van der Waals surface area contributed by atoms with Crippen molar-refractivity contribution >= 4 is 5.69 Å². The number of benzene rings is 1. The smallest absolute Gasteiger partial charge is 0.120 e. The number of nitrogens with zero attached hydrogens (tertiary/aromatic N) is 1. The summed E-state index contributed by atoms with van der Waals surface area (Å²) in [7, 11) is 3.35. The number of hydrogen-bond donors (Lipinski definition) is 2. The molecule has 1 rings (SSSR count). The Morgan fingerprint density at radius 1 is 1.54 bits per heavy atom. The van der Waals surface area contributed by atoms with Crippen molar-refractivity contribution < 1.29 is 9.94 Å². The molecule has 0 aromatic heterocycles. The molecule has 4 heteroatoms. The molecule has 0 aliphatic carbocycles. The quantitative estimate of drug-likeness (QED) is 0.415. The molecular formula is C9H14N2O2. The Bertz CT molecular complexity index is 289. The number of hydroxylamine groups is 2. The number of hydrogen-bond acceptors (Lipinski definition) is 4. The number of rotatable bonds is 3. The molecule has 0 unspecified atom stereocenters. The van der Waals surface area contributed by atoms with Gasteiger partial charge in [0.05, 0.1) is 13.7 Å². The average Bonchev–Trinajstić information content (AvgIpc) is 2.11. The van der Waals surface area contributed by atoms with Crippen LogP contribution in [0.4, 0.5) is 5.69 Å². The molecule has 0 radical (unpaired) electrons. The van der Waals surface area contributed by atoms with Crippen molar-refractivity contribution in [2.75, 3.05) is 19.9 Å². The second-order valence-corrected chi connectivity index (χ2v) is 2.86. The molecule has 1 aromatic carbocycles. The number of anilines is 1. The maximum Gasteiger partial charge on any atom is 0.120 e. The summed E-state index contributed by atoms with van der Waals surface area (Å²) >= 11 is 0. The SMILES string of the molecule is CON(C)Cc1cc(N)ccc1O. The van der Waals surface area contributed by atoms with E-state index in [1.165, 1.54) is 0 Å². The Morgan fingerprint density at radius 3 is 2.85 bits per heavy atom. The number of nitrogens with two attached hydrogens (primary N) is 1. The molecule has 0 aliphatic rings. The van der Waals surface area contributed by atoms with Crippen LogP contribution in [0.1, 0.15) is 5.56 Å². The molecule has 1 aromatic rings. The average molecular weight is 182 g/mol. The van der Waals surface area contributed by atoms with Gasteiger partial charge < -0.3 is 15.7 Å². The summed E-state index contributed by atoms with van der Waals surface area (Å²) in [6.07, 6.45) is 0. The van der Waals surface area contributed by atoms with Crippen LogP contribution < -0.4 is 5.73 Å². The summed E-state index contributed by atoms with van der Waals surface area (Å²) in [4.78, 5) is 4.93. The second kappa shape index (κ2) is 4.11. The fourth-order valence-corrected chi connectivity index (χ4v) is 1.04. The van der Waals surface area contributed by atoms with Crippen molar-refractivity contribution in [1.82, 2.24) is 5.06 Å². The Hall–Kier alpha value is -1.26. The van der Waals surface area contributed by atoms with Crippen LogP contribution in [0.3, 0.4) is 0 Å². The zero-order valence-corrected chi connectivity index (χ0v) is 7.82. The van der Waals surface area contributed by atoms with E-state index in [1.807, 2.05) is 0 Å². The van der Waals surface area contributed by atoms with E-state index < -0.39 is 0 Å². The van der Waals surface area contributed by atoms with E-state index in [-0.39, 0.29) is 5.75 Å². The van der Waals surface area contributed by atoms with Gasteiger partial charge in [0.15, 0.2) is 0 Å². The maximum atomic E-state index is 9.44. The van der Waals surface area contributed by atoms with Gasteiger partial charge in [-0.05, 0) is 18.2 Å². The van der Waals surface area contributed by atoms with Crippen LogP contribution in [0.2, 0.25) is 0 Å². The summed E-state index contributed by atoms with van der Waals surface area (Å²) < 4.78 is 0. The normalized spacial score (nSPS) is 10.7. The van der Waals surface area contributed by atoms with E-state index in [1.54, 1.807) is 37.4 Å². The van der Waals surface area contributed by atoms with Gasteiger partial charge in [-0.2, -0.15) is 5.06 Å². The van der Waals surface area contributed by atoms with Crippen molar-refractivity contribution in [3.05, 3.63) is 23.8 Å². The third-order valence-corrected chi connectivity index (χ3v) is 1.81. The first-order valence-corrected chi connectivity index (χ1v) is 3.96. The standard InChI is InChI=1S/C9H14N2O2/c1-11(13-2)6-7-5-8(10)3-4-9(7)12/h3-5,12H,6,10H2,1-2H3. The fourth-order valence-electron chi connectivity index (χ4n) is 1.04. The summed E-state index contributed by atoms with van der Waals surface area (Å²) in [5.74, 6) is 0.234. The Morgan fingerprint density at radius 2 is 2.23 bits per heavy atom. The number of aromatic hydroxyl groups is 1. The zero-order valence-electron chi connectivity index (χ0n) is 7.82. The van der Waals surface area contributed by atoms with Crippen LogP contribution in [0.5, 0.6) is 5.75 Å². The predicted molar refractivity (Wildman–Crippen MR) is 51.0 cm³/mol. The molecule has 3 N–H and O–H groups in total. The minimum atomic E-state index is 0.234. The topological polar surface area (TPSA) is 58.7 Å². The van der Waals surface area contributed by atoms with Gasteiger partial charge in [-0.1, -0.05) is 0 Å². The Kier molecular flexibility index (Phi) is 3.11. The van der Waals surface area contributed by atoms with Gasteiger partial charge in [0.1, 0.15) is 5.75 Å². The van der Waals surface area contributed by atoms with Gasteiger partial charge in [0.25, 0.3) is 0 Å². The largest absolute Gasteiger partial charge is 0.508 e. The van der Waals surface area contributed by atoms with Gasteiger partial charge in [-0.25, -0.2) is 0 Å². The van der Waals surface area contributed by atoms with Crippen molar-refractivity contribution in [2.45, 2.75) is 6.54 Å². The third-order valence-electron chi connectivity index (χ3n) is 1.81. The van der Waals surface area contributed by atoms with Gasteiger partial charge in [-0.3, -0.25) is 0 Å². The van der Waals surface area contributed by atoms with E-state index in [4.69, 9.17) is 10.6 Å². The molecule has 13 heavy (non-hydrogen) atoms. The Labute approximate surface area is 77.5 Å². The first-order valence-electron chi connectivity index (χ1n) is 3.96. The highest BCUT2D eigenvalue weighted by Gasteiger charge is 2.04. The fraction of sp³-hybridized carbons (Fsp3) is 0.333. The van der Waals surface area contributed by atoms with Crippen LogP contribution in [0.25, 0.3) is 0 Å². The van der Waals surface area contributed by atoms with Crippen molar-refractivity contribution in [2.24, 2.45) is 0 Å². The van der Waals surface area contributed by atoms with E-state index >= 15 is 0 Å². The van der Waals surface area contributed by atoms with Gasteiger partial charge in [0.2, 0.25) is 0 Å². The molecule has 0 bridgehead atoms. The van der Waals surface area contributed by atoms with Crippen LogP contribution in [-0.4, -0.2) is 24.3 Å². The van der Waals surface area contributed by atoms with Crippen LogP contribution in [-0.2, 0) is 11.4 Å². The highest BCUT2D eigenvalue weighted by Crippen LogP contribution is 2.20. The third kappa shape index (κ3) is 2.61. The summed E-state index contributed by atoms with van der Waals surface area (Å²) in [6, 6.07) is 4.96. The van der Waals surface area contributed by atoms with Gasteiger partial charge in [-0.15, -0.1) is 0 Å². The lowest BCUT2D eigenvalue weighted by Gasteiger charge is -2.14. The lowest BCUT2D eigenvalue weighted by atomic mass is 10.2. The molecule has 0 fully saturated rings. The van der Waals surface area contributed by atoms with Crippen LogP contribution in [0, 0.1) is 0 Å². The zero-order chi connectivity index (χ0) is 9.84. The van der Waals surface area contributed by atoms with E-state index in [2.05, 4.69) is 0 Å². The molecule has 0 heterocycles. The van der Waals surface area contributed by atoms with Gasteiger partial charge in [0, 0.05) is 18.3 Å². The summed E-state index contributed by atoms with van der Waals surface area (Å²) in [5.41, 5.74) is 6.96. The summed E-state index contributed by atoms with van der Waals surface area (Å²) in [6.45, 7) is 0.507. The lowest BCUT2D eigenvalue weighted by Crippen LogP contribution is -2.15. The van der Waals surface area contributed by atoms with Crippen molar-refractivity contribution in [3.63, 3.8) is 0 Å². The van der Waals surface area contributed by atoms with Crippen LogP contribution in [0.15, 0.2) is 18.2 Å². The highest BCUT2D eigenvalue weighted by molar-refractivity contribution is 5.47. The molecule has 0 saturated carbocycles. The first kappa shape index (κ1) is 9.83. The van der Waals surface area contributed by atoms with Crippen molar-refractivity contribution in [3.8, 4) is 5.75 Å². The lowest BCUT2D eigenvalue weighted by molar-refractivity contribution is -0.116. The molecule has 0 spiro atoms. The molecule has 4 nitrogen and oxygen atoms in total. The van der Waals surface area contributed by atoms with Crippen LogP contribution >= 0.6 is 0 Å².